The molecule has 1 aromatic rings. The third kappa shape index (κ3) is 3.00. The molecule has 0 spiro atoms. The van der Waals surface area contributed by atoms with Crippen molar-refractivity contribution in [3.05, 3.63) is 35.4 Å². The molecule has 0 aliphatic carbocycles. The second-order valence-electron chi connectivity index (χ2n) is 6.74. The van der Waals surface area contributed by atoms with Crippen molar-refractivity contribution < 1.29 is 13.2 Å². The van der Waals surface area contributed by atoms with E-state index in [0.717, 1.165) is 31.0 Å². The van der Waals surface area contributed by atoms with Crippen molar-refractivity contribution >= 4 is 0 Å². The van der Waals surface area contributed by atoms with E-state index >= 15 is 0 Å². The fourth-order valence-electron chi connectivity index (χ4n) is 3.07. The first-order valence-electron chi connectivity index (χ1n) is 7.05. The van der Waals surface area contributed by atoms with Crippen molar-refractivity contribution in [2.24, 2.45) is 5.41 Å². The van der Waals surface area contributed by atoms with E-state index < -0.39 is 11.7 Å². The van der Waals surface area contributed by atoms with Crippen LogP contribution in [0.2, 0.25) is 0 Å². The van der Waals surface area contributed by atoms with Crippen LogP contribution in [0.4, 0.5) is 13.2 Å². The fourth-order valence-corrected chi connectivity index (χ4v) is 3.07. The molecule has 2 rings (SSSR count). The normalized spacial score (nSPS) is 24.1. The molecule has 1 aromatic carbocycles. The number of alkyl halides is 3. The molecule has 0 saturated carbocycles. The third-order valence-electron chi connectivity index (χ3n) is 4.44. The molecule has 0 aromatic heterocycles. The van der Waals surface area contributed by atoms with Crippen LogP contribution in [0.5, 0.6) is 0 Å². The predicted molar refractivity (Wildman–Crippen MR) is 74.6 cm³/mol. The summed E-state index contributed by atoms with van der Waals surface area (Å²) in [5.74, 6) is 0. The first-order valence-corrected chi connectivity index (χ1v) is 7.05. The molecular weight excluding hydrogens is 263 g/mol. The second-order valence-corrected chi connectivity index (χ2v) is 6.74. The summed E-state index contributed by atoms with van der Waals surface area (Å²) < 4.78 is 38.4. The molecule has 4 heteroatoms. The lowest BCUT2D eigenvalue weighted by Crippen LogP contribution is -2.52. The number of nitrogens with one attached hydrogen (secondary N) is 1. The number of benzene rings is 1. The van der Waals surface area contributed by atoms with Crippen LogP contribution in [0.25, 0.3) is 0 Å². The molecule has 0 radical (unpaired) electrons. The zero-order valence-corrected chi connectivity index (χ0v) is 12.3. The summed E-state index contributed by atoms with van der Waals surface area (Å²) >= 11 is 0. The summed E-state index contributed by atoms with van der Waals surface area (Å²) in [5.41, 5.74) is 0.0933. The van der Waals surface area contributed by atoms with Crippen molar-refractivity contribution in [2.45, 2.75) is 51.7 Å². The van der Waals surface area contributed by atoms with Crippen LogP contribution in [0.1, 0.15) is 44.7 Å². The molecule has 1 fully saturated rings. The van der Waals surface area contributed by atoms with Gasteiger partial charge in [-0.05, 0) is 42.9 Å². The fraction of sp³-hybridized carbons (Fsp3) is 0.625. The van der Waals surface area contributed by atoms with E-state index in [2.05, 4.69) is 26.1 Å². The predicted octanol–water partition coefficient (Wildman–Crippen LogP) is 4.42. The Labute approximate surface area is 118 Å². The van der Waals surface area contributed by atoms with Crippen LogP contribution in [0.3, 0.4) is 0 Å². The van der Waals surface area contributed by atoms with Crippen LogP contribution in [-0.2, 0) is 12.6 Å². The van der Waals surface area contributed by atoms with Gasteiger partial charge in [-0.15, -0.1) is 0 Å². The number of halogens is 3. The molecule has 0 amide bonds. The molecule has 1 saturated heterocycles. The van der Waals surface area contributed by atoms with E-state index in [9.17, 15) is 13.2 Å². The Morgan fingerprint density at radius 2 is 1.90 bits per heavy atom. The van der Waals surface area contributed by atoms with Gasteiger partial charge in [0.1, 0.15) is 0 Å². The summed E-state index contributed by atoms with van der Waals surface area (Å²) in [4.78, 5) is 0. The van der Waals surface area contributed by atoms with Gasteiger partial charge in [0.2, 0.25) is 0 Å². The topological polar surface area (TPSA) is 12.0 Å². The monoisotopic (exact) mass is 285 g/mol. The smallest absolute Gasteiger partial charge is 0.310 e. The molecule has 112 valence electrons. The van der Waals surface area contributed by atoms with Gasteiger partial charge in [-0.25, -0.2) is 0 Å². The SMILES string of the molecule is CC(C)(C)C1(Cc2cccc(C(F)(F)F)c2)CCCN1. The molecule has 20 heavy (non-hydrogen) atoms. The lowest BCUT2D eigenvalue weighted by atomic mass is 9.69. The highest BCUT2D eigenvalue weighted by Gasteiger charge is 2.43. The average Bonchev–Trinajstić information content (AvgIpc) is 2.77. The Morgan fingerprint density at radius 3 is 2.40 bits per heavy atom. The molecule has 1 aliphatic rings. The Hall–Kier alpha value is -1.03. The van der Waals surface area contributed by atoms with Gasteiger partial charge in [-0.1, -0.05) is 39.0 Å². The van der Waals surface area contributed by atoms with Gasteiger partial charge in [-0.3, -0.25) is 0 Å². The van der Waals surface area contributed by atoms with Gasteiger partial charge in [0.15, 0.2) is 0 Å². The minimum atomic E-state index is -4.27. The Morgan fingerprint density at radius 1 is 1.20 bits per heavy atom. The van der Waals surface area contributed by atoms with E-state index in [4.69, 9.17) is 0 Å². The highest BCUT2D eigenvalue weighted by Crippen LogP contribution is 2.40. The van der Waals surface area contributed by atoms with E-state index in [-0.39, 0.29) is 11.0 Å². The van der Waals surface area contributed by atoms with Crippen molar-refractivity contribution in [3.63, 3.8) is 0 Å². The van der Waals surface area contributed by atoms with Gasteiger partial charge in [0.05, 0.1) is 5.56 Å². The molecular formula is C16H22F3N. The largest absolute Gasteiger partial charge is 0.416 e. The third-order valence-corrected chi connectivity index (χ3v) is 4.44. The van der Waals surface area contributed by atoms with Crippen LogP contribution in [0, 0.1) is 5.41 Å². The van der Waals surface area contributed by atoms with Crippen LogP contribution in [0.15, 0.2) is 24.3 Å². The average molecular weight is 285 g/mol. The standard InChI is InChI=1S/C16H22F3N/c1-14(2,3)15(8-5-9-20-15)11-12-6-4-7-13(10-12)16(17,18)19/h4,6-7,10,20H,5,8-9,11H2,1-3H3. The maximum absolute atomic E-state index is 12.8. The Bertz CT molecular complexity index is 465. The number of rotatable bonds is 2. The van der Waals surface area contributed by atoms with E-state index in [1.54, 1.807) is 6.07 Å². The number of hydrogen-bond donors (Lipinski definition) is 1. The highest BCUT2D eigenvalue weighted by molar-refractivity contribution is 5.28. The molecule has 0 bridgehead atoms. The molecule has 1 unspecified atom stereocenters. The summed E-state index contributed by atoms with van der Waals surface area (Å²) in [5, 5.41) is 3.54. The first kappa shape index (κ1) is 15.4. The maximum atomic E-state index is 12.8. The first-order chi connectivity index (χ1) is 9.14. The van der Waals surface area contributed by atoms with Gasteiger partial charge < -0.3 is 5.32 Å². The molecule has 1 aliphatic heterocycles. The van der Waals surface area contributed by atoms with E-state index in [0.29, 0.717) is 6.42 Å². The summed E-state index contributed by atoms with van der Waals surface area (Å²) in [6, 6.07) is 5.72. The molecule has 1 atom stereocenters. The maximum Gasteiger partial charge on any atom is 0.416 e. The van der Waals surface area contributed by atoms with Gasteiger partial charge in [0.25, 0.3) is 0 Å². The van der Waals surface area contributed by atoms with E-state index in [1.165, 1.54) is 12.1 Å². The summed E-state index contributed by atoms with van der Waals surface area (Å²) in [6.07, 6.45) is -1.54. The minimum absolute atomic E-state index is 0.0116. The van der Waals surface area contributed by atoms with Gasteiger partial charge in [0, 0.05) is 5.54 Å². The highest BCUT2D eigenvalue weighted by atomic mass is 19.4. The van der Waals surface area contributed by atoms with Crippen molar-refractivity contribution in [2.75, 3.05) is 6.54 Å². The zero-order chi connectivity index (χ0) is 15.0. The van der Waals surface area contributed by atoms with Crippen molar-refractivity contribution in [1.82, 2.24) is 5.32 Å². The van der Waals surface area contributed by atoms with Gasteiger partial charge >= 0.3 is 6.18 Å². The number of hydrogen-bond acceptors (Lipinski definition) is 1. The van der Waals surface area contributed by atoms with Crippen LogP contribution in [-0.4, -0.2) is 12.1 Å². The summed E-state index contributed by atoms with van der Waals surface area (Å²) in [6.45, 7) is 7.40. The van der Waals surface area contributed by atoms with E-state index in [1.807, 2.05) is 0 Å². The Balaban J connectivity index is 2.29. The zero-order valence-electron chi connectivity index (χ0n) is 12.3. The molecule has 1 nitrogen and oxygen atoms in total. The van der Waals surface area contributed by atoms with Crippen LogP contribution < -0.4 is 5.32 Å². The molecule has 1 heterocycles. The van der Waals surface area contributed by atoms with Crippen molar-refractivity contribution in [3.8, 4) is 0 Å². The second kappa shape index (κ2) is 5.06. The van der Waals surface area contributed by atoms with Crippen molar-refractivity contribution in [1.29, 1.82) is 0 Å². The Kier molecular flexibility index (Phi) is 3.89. The van der Waals surface area contributed by atoms with Gasteiger partial charge in [-0.2, -0.15) is 13.2 Å². The lowest BCUT2D eigenvalue weighted by molar-refractivity contribution is -0.137. The molecule has 1 N–H and O–H groups in total. The van der Waals surface area contributed by atoms with Crippen LogP contribution >= 0.6 is 0 Å². The summed E-state index contributed by atoms with van der Waals surface area (Å²) in [7, 11) is 0. The lowest BCUT2D eigenvalue weighted by Gasteiger charge is -2.42. The minimum Gasteiger partial charge on any atom is -0.310 e. The quantitative estimate of drug-likeness (QED) is 0.848.